The molecular formula is C15H19NO. The fourth-order valence-corrected chi connectivity index (χ4v) is 1.93. The first-order valence-electron chi connectivity index (χ1n) is 6.16. The van der Waals surface area contributed by atoms with Crippen LogP contribution in [0.15, 0.2) is 40.8 Å². The van der Waals surface area contributed by atoms with Crippen molar-refractivity contribution in [2.24, 2.45) is 0 Å². The lowest BCUT2D eigenvalue weighted by atomic mass is 10.1. The van der Waals surface area contributed by atoms with Gasteiger partial charge in [0.2, 0.25) is 0 Å². The molecular weight excluding hydrogens is 210 g/mol. The lowest BCUT2D eigenvalue weighted by Gasteiger charge is -2.01. The van der Waals surface area contributed by atoms with Gasteiger partial charge in [-0.1, -0.05) is 37.6 Å². The van der Waals surface area contributed by atoms with Gasteiger partial charge in [-0.15, -0.1) is 0 Å². The summed E-state index contributed by atoms with van der Waals surface area (Å²) < 4.78 is 5.75. The van der Waals surface area contributed by atoms with E-state index >= 15 is 0 Å². The number of benzene rings is 1. The van der Waals surface area contributed by atoms with Crippen LogP contribution < -0.4 is 5.32 Å². The monoisotopic (exact) mass is 229 g/mol. The number of hydrogen-bond donors (Lipinski definition) is 1. The predicted molar refractivity (Wildman–Crippen MR) is 70.9 cm³/mol. The molecule has 0 aliphatic rings. The van der Waals surface area contributed by atoms with Crippen LogP contribution in [0.3, 0.4) is 0 Å². The predicted octanol–water partition coefficient (Wildman–Crippen LogP) is 3.62. The van der Waals surface area contributed by atoms with E-state index in [4.69, 9.17) is 4.42 Å². The molecule has 1 heterocycles. The Hall–Kier alpha value is -1.54. The minimum absolute atomic E-state index is 0.772. The molecule has 17 heavy (non-hydrogen) atoms. The fourth-order valence-electron chi connectivity index (χ4n) is 1.93. The molecule has 2 rings (SSSR count). The summed E-state index contributed by atoms with van der Waals surface area (Å²) in [6.07, 6.45) is 2.33. The standard InChI is InChI=1S/C15H19NO/c1-3-4-12-5-7-13(8-6-12)15-10-9-14(17-15)11-16-2/h5-10,16H,3-4,11H2,1-2H3. The SMILES string of the molecule is CCCc1ccc(-c2ccc(CNC)o2)cc1. The Kier molecular flexibility index (Phi) is 3.99. The Morgan fingerprint density at radius 1 is 1.06 bits per heavy atom. The van der Waals surface area contributed by atoms with Crippen LogP contribution in [0.5, 0.6) is 0 Å². The molecule has 0 saturated carbocycles. The van der Waals surface area contributed by atoms with Crippen molar-refractivity contribution < 1.29 is 4.42 Å². The Labute approximate surface area is 103 Å². The molecule has 1 aromatic heterocycles. The van der Waals surface area contributed by atoms with Crippen molar-refractivity contribution in [3.63, 3.8) is 0 Å². The molecule has 0 atom stereocenters. The summed E-state index contributed by atoms with van der Waals surface area (Å²) in [7, 11) is 1.92. The number of rotatable bonds is 5. The van der Waals surface area contributed by atoms with Crippen molar-refractivity contribution in [3.05, 3.63) is 47.7 Å². The van der Waals surface area contributed by atoms with Gasteiger partial charge in [-0.3, -0.25) is 0 Å². The molecule has 0 fully saturated rings. The fraction of sp³-hybridized carbons (Fsp3) is 0.333. The quantitative estimate of drug-likeness (QED) is 0.847. The first-order valence-corrected chi connectivity index (χ1v) is 6.16. The zero-order chi connectivity index (χ0) is 12.1. The van der Waals surface area contributed by atoms with E-state index in [9.17, 15) is 0 Å². The second-order valence-electron chi connectivity index (χ2n) is 4.24. The van der Waals surface area contributed by atoms with Gasteiger partial charge in [0.25, 0.3) is 0 Å². The van der Waals surface area contributed by atoms with Crippen molar-refractivity contribution in [3.8, 4) is 11.3 Å². The van der Waals surface area contributed by atoms with E-state index < -0.39 is 0 Å². The summed E-state index contributed by atoms with van der Waals surface area (Å²) >= 11 is 0. The van der Waals surface area contributed by atoms with Crippen LogP contribution in [-0.2, 0) is 13.0 Å². The van der Waals surface area contributed by atoms with Crippen LogP contribution in [0, 0.1) is 0 Å². The highest BCUT2D eigenvalue weighted by atomic mass is 16.3. The molecule has 0 saturated heterocycles. The average molecular weight is 229 g/mol. The van der Waals surface area contributed by atoms with Crippen LogP contribution in [0.2, 0.25) is 0 Å². The maximum atomic E-state index is 5.75. The summed E-state index contributed by atoms with van der Waals surface area (Å²) in [5, 5.41) is 3.08. The van der Waals surface area contributed by atoms with Gasteiger partial charge >= 0.3 is 0 Å². The second-order valence-corrected chi connectivity index (χ2v) is 4.24. The Morgan fingerprint density at radius 2 is 1.82 bits per heavy atom. The molecule has 2 nitrogen and oxygen atoms in total. The number of hydrogen-bond acceptors (Lipinski definition) is 2. The molecule has 0 aliphatic carbocycles. The molecule has 0 spiro atoms. The summed E-state index contributed by atoms with van der Waals surface area (Å²) in [5.74, 6) is 1.92. The van der Waals surface area contributed by atoms with E-state index in [1.807, 2.05) is 19.2 Å². The largest absolute Gasteiger partial charge is 0.460 e. The van der Waals surface area contributed by atoms with Crippen molar-refractivity contribution in [2.45, 2.75) is 26.3 Å². The van der Waals surface area contributed by atoms with Gasteiger partial charge in [-0.05, 0) is 31.2 Å². The normalized spacial score (nSPS) is 10.7. The molecule has 0 amide bonds. The first-order chi connectivity index (χ1) is 8.33. The minimum atomic E-state index is 0.772. The van der Waals surface area contributed by atoms with Gasteiger partial charge in [-0.25, -0.2) is 0 Å². The molecule has 2 heteroatoms. The summed E-state index contributed by atoms with van der Waals surface area (Å²) in [4.78, 5) is 0. The van der Waals surface area contributed by atoms with Crippen LogP contribution in [0.1, 0.15) is 24.7 Å². The summed E-state index contributed by atoms with van der Waals surface area (Å²) in [5.41, 5.74) is 2.53. The van der Waals surface area contributed by atoms with Crippen molar-refractivity contribution in [2.75, 3.05) is 7.05 Å². The van der Waals surface area contributed by atoms with Gasteiger partial charge in [0, 0.05) is 5.56 Å². The van der Waals surface area contributed by atoms with E-state index in [2.05, 4.69) is 36.5 Å². The highest BCUT2D eigenvalue weighted by Gasteiger charge is 2.03. The first kappa shape index (κ1) is 11.9. The molecule has 1 aromatic carbocycles. The molecule has 0 radical (unpaired) electrons. The lowest BCUT2D eigenvalue weighted by Crippen LogP contribution is -2.03. The van der Waals surface area contributed by atoms with E-state index in [0.29, 0.717) is 0 Å². The number of nitrogens with one attached hydrogen (secondary N) is 1. The van der Waals surface area contributed by atoms with Crippen molar-refractivity contribution in [1.29, 1.82) is 0 Å². The maximum absolute atomic E-state index is 5.75. The lowest BCUT2D eigenvalue weighted by molar-refractivity contribution is 0.507. The highest BCUT2D eigenvalue weighted by Crippen LogP contribution is 2.22. The zero-order valence-electron chi connectivity index (χ0n) is 10.5. The topological polar surface area (TPSA) is 25.2 Å². The summed E-state index contributed by atoms with van der Waals surface area (Å²) in [6.45, 7) is 2.97. The molecule has 1 N–H and O–H groups in total. The molecule has 0 unspecified atom stereocenters. The second kappa shape index (κ2) is 5.69. The van der Waals surface area contributed by atoms with Gasteiger partial charge in [0.05, 0.1) is 6.54 Å². The molecule has 0 bridgehead atoms. The molecule has 90 valence electrons. The summed E-state index contributed by atoms with van der Waals surface area (Å²) in [6, 6.07) is 12.7. The van der Waals surface area contributed by atoms with Gasteiger partial charge in [0.15, 0.2) is 0 Å². The third kappa shape index (κ3) is 2.98. The van der Waals surface area contributed by atoms with Crippen LogP contribution >= 0.6 is 0 Å². The van der Waals surface area contributed by atoms with E-state index in [1.165, 1.54) is 12.0 Å². The van der Waals surface area contributed by atoms with E-state index in [-0.39, 0.29) is 0 Å². The van der Waals surface area contributed by atoms with E-state index in [0.717, 1.165) is 30.0 Å². The average Bonchev–Trinajstić information content (AvgIpc) is 2.80. The zero-order valence-corrected chi connectivity index (χ0v) is 10.5. The third-order valence-corrected chi connectivity index (χ3v) is 2.79. The minimum Gasteiger partial charge on any atom is -0.460 e. The molecule has 2 aromatic rings. The van der Waals surface area contributed by atoms with E-state index in [1.54, 1.807) is 0 Å². The van der Waals surface area contributed by atoms with Crippen molar-refractivity contribution >= 4 is 0 Å². The Morgan fingerprint density at radius 3 is 2.47 bits per heavy atom. The van der Waals surface area contributed by atoms with Crippen LogP contribution in [-0.4, -0.2) is 7.05 Å². The van der Waals surface area contributed by atoms with Crippen LogP contribution in [0.4, 0.5) is 0 Å². The van der Waals surface area contributed by atoms with Gasteiger partial charge in [0.1, 0.15) is 11.5 Å². The van der Waals surface area contributed by atoms with Gasteiger partial charge in [-0.2, -0.15) is 0 Å². The Balaban J connectivity index is 2.15. The van der Waals surface area contributed by atoms with Gasteiger partial charge < -0.3 is 9.73 Å². The number of aryl methyl sites for hydroxylation is 1. The third-order valence-electron chi connectivity index (χ3n) is 2.79. The number of furan rings is 1. The highest BCUT2D eigenvalue weighted by molar-refractivity contribution is 5.57. The maximum Gasteiger partial charge on any atom is 0.134 e. The van der Waals surface area contributed by atoms with Crippen molar-refractivity contribution in [1.82, 2.24) is 5.32 Å². The molecule has 0 aliphatic heterocycles. The smallest absolute Gasteiger partial charge is 0.134 e. The Bertz CT molecular complexity index is 456. The van der Waals surface area contributed by atoms with Crippen LogP contribution in [0.25, 0.3) is 11.3 Å².